The molecule has 120 valence electrons. The van der Waals surface area contributed by atoms with Crippen LogP contribution in [0.25, 0.3) is 0 Å². The molecule has 22 heavy (non-hydrogen) atoms. The van der Waals surface area contributed by atoms with Gasteiger partial charge in [-0.15, -0.1) is 0 Å². The van der Waals surface area contributed by atoms with Gasteiger partial charge in [-0.25, -0.2) is 0 Å². The number of benzene rings is 1. The number of aliphatic hydroxyl groups is 1. The van der Waals surface area contributed by atoms with Crippen LogP contribution in [0.2, 0.25) is 0 Å². The van der Waals surface area contributed by atoms with Crippen molar-refractivity contribution in [3.63, 3.8) is 0 Å². The van der Waals surface area contributed by atoms with E-state index in [-0.39, 0.29) is 0 Å². The van der Waals surface area contributed by atoms with E-state index in [1.807, 2.05) is 35.2 Å². The van der Waals surface area contributed by atoms with E-state index >= 15 is 0 Å². The summed E-state index contributed by atoms with van der Waals surface area (Å²) in [7, 11) is 2.55. The molecule has 0 saturated carbocycles. The molecule has 0 aromatic heterocycles. The largest absolute Gasteiger partial charge is 0.469 e. The number of carbonyl (C=O) groups excluding carboxylic acids is 2. The van der Waals surface area contributed by atoms with E-state index in [2.05, 4.69) is 0 Å². The summed E-state index contributed by atoms with van der Waals surface area (Å²) in [5.74, 6) is -2.54. The van der Waals surface area contributed by atoms with Gasteiger partial charge in [0.15, 0.2) is 0 Å². The fraction of sp³-hybridized carbons (Fsp3) is 0.500. The average Bonchev–Trinajstić information content (AvgIpc) is 2.55. The SMILES string of the molecule is COC(=O)[C@H]1CN(Cc2ccccc2)C[C@@H](C(=O)OC)[C@H]1O. The number of carbonyl (C=O) groups is 2. The van der Waals surface area contributed by atoms with Gasteiger partial charge in [-0.3, -0.25) is 14.5 Å². The van der Waals surface area contributed by atoms with Gasteiger partial charge in [0.05, 0.1) is 32.2 Å². The maximum Gasteiger partial charge on any atom is 0.312 e. The van der Waals surface area contributed by atoms with Gasteiger partial charge in [0.25, 0.3) is 0 Å². The highest BCUT2D eigenvalue weighted by molar-refractivity contribution is 5.78. The van der Waals surface area contributed by atoms with Crippen LogP contribution < -0.4 is 0 Å². The first-order chi connectivity index (χ1) is 10.6. The molecule has 6 nitrogen and oxygen atoms in total. The lowest BCUT2D eigenvalue weighted by atomic mass is 9.85. The maximum atomic E-state index is 11.9. The van der Waals surface area contributed by atoms with Gasteiger partial charge >= 0.3 is 11.9 Å². The van der Waals surface area contributed by atoms with Gasteiger partial charge in [-0.1, -0.05) is 30.3 Å². The molecule has 1 aromatic carbocycles. The molecule has 0 spiro atoms. The Labute approximate surface area is 129 Å². The summed E-state index contributed by atoms with van der Waals surface area (Å²) in [6.07, 6.45) is -1.09. The molecule has 3 atom stereocenters. The summed E-state index contributed by atoms with van der Waals surface area (Å²) in [6, 6.07) is 9.75. The zero-order chi connectivity index (χ0) is 16.1. The predicted octanol–water partition coefficient (Wildman–Crippen LogP) is 0.442. The normalized spacial score (nSPS) is 25.5. The third-order valence-electron chi connectivity index (χ3n) is 3.99. The Kier molecular flexibility index (Phi) is 5.51. The van der Waals surface area contributed by atoms with Crippen LogP contribution in [-0.4, -0.2) is 55.4 Å². The molecule has 1 fully saturated rings. The number of hydrogen-bond acceptors (Lipinski definition) is 6. The molecule has 0 aliphatic carbocycles. The molecule has 1 aromatic rings. The maximum absolute atomic E-state index is 11.9. The van der Waals surface area contributed by atoms with Crippen molar-refractivity contribution in [2.24, 2.45) is 11.8 Å². The number of nitrogens with zero attached hydrogens (tertiary/aromatic N) is 1. The molecule has 6 heteroatoms. The van der Waals surface area contributed by atoms with Gasteiger partial charge < -0.3 is 14.6 Å². The molecule has 0 unspecified atom stereocenters. The number of aliphatic hydroxyl groups excluding tert-OH is 1. The summed E-state index contributed by atoms with van der Waals surface area (Å²) < 4.78 is 9.49. The number of likely N-dealkylation sites (tertiary alicyclic amines) is 1. The minimum absolute atomic E-state index is 0.343. The molecule has 1 aliphatic heterocycles. The van der Waals surface area contributed by atoms with Crippen LogP contribution in [0.15, 0.2) is 30.3 Å². The second kappa shape index (κ2) is 7.38. The molecule has 1 N–H and O–H groups in total. The first-order valence-electron chi connectivity index (χ1n) is 7.16. The molecule has 0 bridgehead atoms. The second-order valence-electron chi connectivity index (χ2n) is 5.43. The average molecular weight is 307 g/mol. The topological polar surface area (TPSA) is 76.1 Å². The number of methoxy groups -OCH3 is 2. The Morgan fingerprint density at radius 1 is 1.09 bits per heavy atom. The lowest BCUT2D eigenvalue weighted by Gasteiger charge is -2.38. The van der Waals surface area contributed by atoms with Crippen molar-refractivity contribution in [3.05, 3.63) is 35.9 Å². The summed E-state index contributed by atoms with van der Waals surface area (Å²) >= 11 is 0. The van der Waals surface area contributed by atoms with E-state index in [9.17, 15) is 14.7 Å². The number of ether oxygens (including phenoxy) is 2. The third kappa shape index (κ3) is 3.64. The van der Waals surface area contributed by atoms with Crippen LogP contribution in [-0.2, 0) is 25.6 Å². The van der Waals surface area contributed by atoms with Crippen molar-refractivity contribution in [3.8, 4) is 0 Å². The Hall–Kier alpha value is -1.92. The van der Waals surface area contributed by atoms with Crippen molar-refractivity contribution in [2.75, 3.05) is 27.3 Å². The fourth-order valence-electron chi connectivity index (χ4n) is 2.83. The summed E-state index contributed by atoms with van der Waals surface area (Å²) in [5, 5.41) is 10.3. The lowest BCUT2D eigenvalue weighted by molar-refractivity contribution is -0.165. The Bertz CT molecular complexity index is 493. The zero-order valence-electron chi connectivity index (χ0n) is 12.8. The van der Waals surface area contributed by atoms with Gasteiger partial charge in [-0.2, -0.15) is 0 Å². The lowest BCUT2D eigenvalue weighted by Crippen LogP contribution is -2.54. The second-order valence-corrected chi connectivity index (χ2v) is 5.43. The Morgan fingerprint density at radius 3 is 2.05 bits per heavy atom. The monoisotopic (exact) mass is 307 g/mol. The van der Waals surface area contributed by atoms with Crippen LogP contribution in [0.3, 0.4) is 0 Å². The molecule has 1 heterocycles. The Balaban J connectivity index is 2.16. The highest BCUT2D eigenvalue weighted by Crippen LogP contribution is 2.26. The van der Waals surface area contributed by atoms with Crippen molar-refractivity contribution >= 4 is 11.9 Å². The summed E-state index contributed by atoms with van der Waals surface area (Å²) in [4.78, 5) is 25.7. The van der Waals surface area contributed by atoms with E-state index in [0.29, 0.717) is 19.6 Å². The van der Waals surface area contributed by atoms with Crippen molar-refractivity contribution in [1.82, 2.24) is 4.90 Å². The standard InChI is InChI=1S/C16H21NO5/c1-21-15(19)12-9-17(8-11-6-4-3-5-7-11)10-13(14(12)18)16(20)22-2/h3-7,12-14,18H,8-10H2,1-2H3/t12-,13+,14-. The van der Waals surface area contributed by atoms with Crippen molar-refractivity contribution in [2.45, 2.75) is 12.6 Å². The van der Waals surface area contributed by atoms with Crippen molar-refractivity contribution < 1.29 is 24.2 Å². The quantitative estimate of drug-likeness (QED) is 0.814. The summed E-state index contributed by atoms with van der Waals surface area (Å²) in [5.41, 5.74) is 1.08. The van der Waals surface area contributed by atoms with E-state index in [0.717, 1.165) is 5.56 Å². The van der Waals surface area contributed by atoms with Crippen LogP contribution >= 0.6 is 0 Å². The van der Waals surface area contributed by atoms with Gasteiger partial charge in [-0.05, 0) is 5.56 Å². The van der Waals surface area contributed by atoms with Gasteiger partial charge in [0, 0.05) is 19.6 Å². The molecule has 1 saturated heterocycles. The molecular weight excluding hydrogens is 286 g/mol. The van der Waals surface area contributed by atoms with Crippen LogP contribution in [0.4, 0.5) is 0 Å². The third-order valence-corrected chi connectivity index (χ3v) is 3.99. The van der Waals surface area contributed by atoms with Gasteiger partial charge in [0.1, 0.15) is 0 Å². The minimum Gasteiger partial charge on any atom is -0.469 e. The van der Waals surface area contributed by atoms with Crippen LogP contribution in [0, 0.1) is 11.8 Å². The fourth-order valence-corrected chi connectivity index (χ4v) is 2.83. The smallest absolute Gasteiger partial charge is 0.312 e. The highest BCUT2D eigenvalue weighted by atomic mass is 16.5. The van der Waals surface area contributed by atoms with Crippen LogP contribution in [0.1, 0.15) is 5.56 Å². The molecule has 1 aliphatic rings. The number of hydrogen-bond donors (Lipinski definition) is 1. The number of piperidine rings is 1. The van der Waals surface area contributed by atoms with E-state index < -0.39 is 29.9 Å². The highest BCUT2D eigenvalue weighted by Gasteiger charge is 2.44. The van der Waals surface area contributed by atoms with Gasteiger partial charge in [0.2, 0.25) is 0 Å². The molecular formula is C16H21NO5. The van der Waals surface area contributed by atoms with E-state index in [4.69, 9.17) is 9.47 Å². The van der Waals surface area contributed by atoms with Crippen molar-refractivity contribution in [1.29, 1.82) is 0 Å². The number of rotatable bonds is 4. The summed E-state index contributed by atoms with van der Waals surface area (Å²) in [6.45, 7) is 1.28. The zero-order valence-corrected chi connectivity index (χ0v) is 12.8. The molecule has 2 rings (SSSR count). The number of esters is 2. The minimum atomic E-state index is -1.09. The Morgan fingerprint density at radius 2 is 1.59 bits per heavy atom. The van der Waals surface area contributed by atoms with E-state index in [1.165, 1.54) is 14.2 Å². The first-order valence-corrected chi connectivity index (χ1v) is 7.16. The molecule has 0 amide bonds. The van der Waals surface area contributed by atoms with E-state index in [1.54, 1.807) is 0 Å². The van der Waals surface area contributed by atoms with Crippen LogP contribution in [0.5, 0.6) is 0 Å². The molecule has 0 radical (unpaired) electrons. The predicted molar refractivity (Wildman–Crippen MR) is 78.7 cm³/mol. The first kappa shape index (κ1) is 16.5.